The number of halogens is 3. The molecule has 1 aromatic carbocycles. The van der Waals surface area contributed by atoms with Crippen LogP contribution in [0.4, 0.5) is 13.2 Å². The van der Waals surface area contributed by atoms with E-state index in [2.05, 4.69) is 9.72 Å². The number of hydrogen-bond acceptors (Lipinski definition) is 4. The van der Waals surface area contributed by atoms with E-state index in [1.54, 1.807) is 4.57 Å². The average molecular weight is 354 g/mol. The van der Waals surface area contributed by atoms with Crippen LogP contribution in [0.1, 0.15) is 15.6 Å². The molecule has 2 heterocycles. The van der Waals surface area contributed by atoms with Gasteiger partial charge in [-0.2, -0.15) is 0 Å². The van der Waals surface area contributed by atoms with Crippen molar-refractivity contribution in [3.05, 3.63) is 56.3 Å². The van der Waals surface area contributed by atoms with Crippen LogP contribution in [0.25, 0.3) is 10.9 Å². The van der Waals surface area contributed by atoms with Crippen molar-refractivity contribution in [1.29, 1.82) is 0 Å². The van der Waals surface area contributed by atoms with Crippen molar-refractivity contribution in [3.63, 3.8) is 0 Å². The van der Waals surface area contributed by atoms with Gasteiger partial charge in [0, 0.05) is 22.5 Å². The zero-order valence-corrected chi connectivity index (χ0v) is 13.7. The number of aryl methyl sites for hydroxylation is 2. The molecule has 0 aliphatic rings. The summed E-state index contributed by atoms with van der Waals surface area (Å²) in [5, 5.41) is 1.05. The summed E-state index contributed by atoms with van der Waals surface area (Å²) in [6.07, 6.45) is -3.36. The van der Waals surface area contributed by atoms with E-state index in [4.69, 9.17) is 0 Å². The predicted octanol–water partition coefficient (Wildman–Crippen LogP) is 4.02. The Hall–Kier alpha value is -2.35. The highest BCUT2D eigenvalue weighted by molar-refractivity contribution is 7.11. The van der Waals surface area contributed by atoms with Crippen LogP contribution >= 0.6 is 11.3 Å². The number of hydrogen-bond donors (Lipinski definition) is 0. The highest BCUT2D eigenvalue weighted by atomic mass is 32.1. The van der Waals surface area contributed by atoms with Crippen molar-refractivity contribution in [3.8, 4) is 5.75 Å². The molecule has 0 aliphatic heterocycles. The fraction of sp³-hybridized carbons (Fsp3) is 0.250. The Bertz CT molecular complexity index is 960. The van der Waals surface area contributed by atoms with E-state index in [1.807, 2.05) is 13.8 Å². The molecule has 3 rings (SSSR count). The zero-order valence-electron chi connectivity index (χ0n) is 12.8. The third kappa shape index (κ3) is 3.28. The Kier molecular flexibility index (Phi) is 4.08. The summed E-state index contributed by atoms with van der Waals surface area (Å²) >= 11 is 1.47. The van der Waals surface area contributed by atoms with Crippen LogP contribution in [-0.2, 0) is 6.54 Å². The van der Waals surface area contributed by atoms with Gasteiger partial charge in [0.15, 0.2) is 11.2 Å². The molecular weight excluding hydrogens is 341 g/mol. The number of rotatable bonds is 3. The SMILES string of the molecule is Cc1nc(C)c(Cn2ccc(=O)c3cccc(OC(F)(F)F)c32)s1. The molecule has 0 bridgehead atoms. The Morgan fingerprint density at radius 1 is 1.25 bits per heavy atom. The first kappa shape index (κ1) is 16.5. The molecule has 3 aromatic rings. The number of para-hydroxylation sites is 1. The molecule has 4 nitrogen and oxygen atoms in total. The number of ether oxygens (including phenoxy) is 1. The molecule has 0 unspecified atom stereocenters. The van der Waals surface area contributed by atoms with Crippen molar-refractivity contribution < 1.29 is 17.9 Å². The summed E-state index contributed by atoms with van der Waals surface area (Å²) in [5.74, 6) is -0.392. The molecule has 0 fully saturated rings. The zero-order chi connectivity index (χ0) is 17.5. The minimum absolute atomic E-state index is 0.118. The summed E-state index contributed by atoms with van der Waals surface area (Å²) in [6.45, 7) is 4.02. The molecule has 0 amide bonds. The second-order valence-electron chi connectivity index (χ2n) is 5.25. The van der Waals surface area contributed by atoms with E-state index in [1.165, 1.54) is 41.8 Å². The van der Waals surface area contributed by atoms with Gasteiger partial charge in [-0.25, -0.2) is 4.98 Å². The summed E-state index contributed by atoms with van der Waals surface area (Å²) in [5.41, 5.74) is 0.581. The number of pyridine rings is 1. The molecule has 0 saturated carbocycles. The van der Waals surface area contributed by atoms with Gasteiger partial charge < -0.3 is 9.30 Å². The summed E-state index contributed by atoms with van der Waals surface area (Å²) < 4.78 is 43.7. The molecule has 0 saturated heterocycles. The molecule has 0 atom stereocenters. The molecule has 0 spiro atoms. The molecule has 0 N–H and O–H groups in total. The fourth-order valence-electron chi connectivity index (χ4n) is 2.55. The third-order valence-electron chi connectivity index (χ3n) is 3.50. The van der Waals surface area contributed by atoms with Gasteiger partial charge in [0.05, 0.1) is 22.8 Å². The van der Waals surface area contributed by atoms with Crippen LogP contribution in [0.5, 0.6) is 5.75 Å². The molecular formula is C16H13F3N2O2S. The van der Waals surface area contributed by atoms with E-state index in [9.17, 15) is 18.0 Å². The van der Waals surface area contributed by atoms with Gasteiger partial charge in [-0.3, -0.25) is 4.79 Å². The number of thiazole rings is 1. The Morgan fingerprint density at radius 2 is 2.00 bits per heavy atom. The van der Waals surface area contributed by atoms with E-state index in [0.29, 0.717) is 6.54 Å². The van der Waals surface area contributed by atoms with Crippen molar-refractivity contribution in [1.82, 2.24) is 9.55 Å². The number of fused-ring (bicyclic) bond motifs is 1. The Balaban J connectivity index is 2.18. The number of nitrogens with zero attached hydrogens (tertiary/aromatic N) is 2. The minimum Gasteiger partial charge on any atom is -0.404 e. The van der Waals surface area contributed by atoms with Gasteiger partial charge in [-0.1, -0.05) is 6.07 Å². The van der Waals surface area contributed by atoms with E-state index in [-0.39, 0.29) is 16.3 Å². The number of benzene rings is 1. The fourth-order valence-corrected chi connectivity index (χ4v) is 3.49. The highest BCUT2D eigenvalue weighted by Gasteiger charge is 2.32. The lowest BCUT2D eigenvalue weighted by Crippen LogP contribution is -2.19. The first-order chi connectivity index (χ1) is 11.2. The van der Waals surface area contributed by atoms with Crippen LogP contribution in [0.3, 0.4) is 0 Å². The van der Waals surface area contributed by atoms with E-state index >= 15 is 0 Å². The summed E-state index contributed by atoms with van der Waals surface area (Å²) in [4.78, 5) is 17.2. The van der Waals surface area contributed by atoms with Crippen molar-refractivity contribution in [2.75, 3.05) is 0 Å². The molecule has 8 heteroatoms. The van der Waals surface area contributed by atoms with Crippen LogP contribution in [0.2, 0.25) is 0 Å². The third-order valence-corrected chi connectivity index (χ3v) is 4.55. The minimum atomic E-state index is -4.83. The van der Waals surface area contributed by atoms with Gasteiger partial charge in [0.1, 0.15) is 0 Å². The standard InChI is InChI=1S/C16H13F3N2O2S/c1-9-14(24-10(2)20-9)8-21-7-6-12(22)11-4-3-5-13(15(11)21)23-16(17,18)19/h3-7H,8H2,1-2H3. The topological polar surface area (TPSA) is 44.1 Å². The lowest BCUT2D eigenvalue weighted by molar-refractivity contribution is -0.274. The molecule has 2 aromatic heterocycles. The van der Waals surface area contributed by atoms with Crippen LogP contribution in [0.15, 0.2) is 35.3 Å². The van der Waals surface area contributed by atoms with Gasteiger partial charge >= 0.3 is 6.36 Å². The maximum Gasteiger partial charge on any atom is 0.573 e. The Labute approximate surface area is 139 Å². The lowest BCUT2D eigenvalue weighted by Gasteiger charge is -2.15. The monoisotopic (exact) mass is 354 g/mol. The lowest BCUT2D eigenvalue weighted by atomic mass is 10.2. The summed E-state index contributed by atoms with van der Waals surface area (Å²) in [7, 11) is 0. The average Bonchev–Trinajstić information content (AvgIpc) is 2.78. The normalized spacial score (nSPS) is 11.9. The van der Waals surface area contributed by atoms with Crippen LogP contribution in [0, 0.1) is 13.8 Å². The Morgan fingerprint density at radius 3 is 2.62 bits per heavy atom. The first-order valence-electron chi connectivity index (χ1n) is 7.05. The van der Waals surface area contributed by atoms with Gasteiger partial charge in [-0.05, 0) is 26.0 Å². The van der Waals surface area contributed by atoms with E-state index in [0.717, 1.165) is 15.6 Å². The van der Waals surface area contributed by atoms with Gasteiger partial charge in [-0.15, -0.1) is 24.5 Å². The smallest absolute Gasteiger partial charge is 0.404 e. The number of aromatic nitrogens is 2. The maximum atomic E-state index is 12.7. The van der Waals surface area contributed by atoms with Crippen molar-refractivity contribution in [2.24, 2.45) is 0 Å². The van der Waals surface area contributed by atoms with Gasteiger partial charge in [0.25, 0.3) is 0 Å². The second kappa shape index (κ2) is 5.94. The quantitative estimate of drug-likeness (QED) is 0.714. The van der Waals surface area contributed by atoms with Crippen LogP contribution in [-0.4, -0.2) is 15.9 Å². The summed E-state index contributed by atoms with van der Waals surface area (Å²) in [6, 6.07) is 5.40. The highest BCUT2D eigenvalue weighted by Crippen LogP contribution is 2.30. The largest absolute Gasteiger partial charge is 0.573 e. The number of alkyl halides is 3. The maximum absolute atomic E-state index is 12.7. The molecule has 0 radical (unpaired) electrons. The second-order valence-corrected chi connectivity index (χ2v) is 6.54. The molecule has 0 aliphatic carbocycles. The predicted molar refractivity (Wildman–Crippen MR) is 85.6 cm³/mol. The van der Waals surface area contributed by atoms with Crippen LogP contribution < -0.4 is 10.2 Å². The van der Waals surface area contributed by atoms with Crippen molar-refractivity contribution in [2.45, 2.75) is 26.8 Å². The first-order valence-corrected chi connectivity index (χ1v) is 7.87. The molecule has 126 valence electrons. The van der Waals surface area contributed by atoms with E-state index < -0.39 is 12.1 Å². The van der Waals surface area contributed by atoms with Gasteiger partial charge in [0.2, 0.25) is 0 Å². The molecule has 24 heavy (non-hydrogen) atoms. The van der Waals surface area contributed by atoms with Crippen molar-refractivity contribution >= 4 is 22.2 Å².